The van der Waals surface area contributed by atoms with E-state index in [2.05, 4.69) is 4.98 Å². The zero-order valence-electron chi connectivity index (χ0n) is 10.3. The molecule has 0 saturated carbocycles. The van der Waals surface area contributed by atoms with E-state index in [9.17, 15) is 5.11 Å². The Morgan fingerprint density at radius 2 is 2.12 bits per heavy atom. The summed E-state index contributed by atoms with van der Waals surface area (Å²) in [6, 6.07) is 3.58. The molecule has 0 radical (unpaired) electrons. The van der Waals surface area contributed by atoms with Gasteiger partial charge >= 0.3 is 0 Å². The van der Waals surface area contributed by atoms with Crippen molar-refractivity contribution in [3.05, 3.63) is 24.0 Å². The number of rotatable bonds is 7. The SMILES string of the molecule is CC(C)OCC(O)COc1ccc(CN)nc1. The maximum Gasteiger partial charge on any atom is 0.137 e. The third kappa shape index (κ3) is 5.63. The number of aliphatic hydroxyl groups is 1. The van der Waals surface area contributed by atoms with E-state index in [0.717, 1.165) is 5.69 Å². The molecule has 3 N–H and O–H groups in total. The van der Waals surface area contributed by atoms with Gasteiger partial charge in [-0.2, -0.15) is 0 Å². The summed E-state index contributed by atoms with van der Waals surface area (Å²) in [4.78, 5) is 4.09. The predicted molar refractivity (Wildman–Crippen MR) is 64.7 cm³/mol. The van der Waals surface area contributed by atoms with Crippen molar-refractivity contribution in [3.8, 4) is 5.75 Å². The molecular weight excluding hydrogens is 220 g/mol. The largest absolute Gasteiger partial charge is 0.489 e. The van der Waals surface area contributed by atoms with E-state index in [0.29, 0.717) is 12.3 Å². The summed E-state index contributed by atoms with van der Waals surface area (Å²) in [5.74, 6) is 0.616. The zero-order valence-corrected chi connectivity index (χ0v) is 10.3. The fraction of sp³-hybridized carbons (Fsp3) is 0.583. The van der Waals surface area contributed by atoms with Crippen LogP contribution in [-0.4, -0.2) is 35.5 Å². The van der Waals surface area contributed by atoms with Crippen molar-refractivity contribution in [2.24, 2.45) is 5.73 Å². The highest BCUT2D eigenvalue weighted by atomic mass is 16.5. The minimum Gasteiger partial charge on any atom is -0.489 e. The number of nitrogens with two attached hydrogens (primary N) is 1. The standard InChI is InChI=1S/C12H20N2O3/c1-9(2)16-7-11(15)8-17-12-4-3-10(5-13)14-6-12/h3-4,6,9,11,15H,5,7-8,13H2,1-2H3. The fourth-order valence-electron chi connectivity index (χ4n) is 1.16. The van der Waals surface area contributed by atoms with Gasteiger partial charge in [0.25, 0.3) is 0 Å². The van der Waals surface area contributed by atoms with Crippen LogP contribution in [0.25, 0.3) is 0 Å². The van der Waals surface area contributed by atoms with Gasteiger partial charge in [-0.3, -0.25) is 4.98 Å². The maximum atomic E-state index is 9.57. The van der Waals surface area contributed by atoms with Crippen molar-refractivity contribution >= 4 is 0 Å². The Labute approximate surface area is 102 Å². The average Bonchev–Trinajstić information content (AvgIpc) is 2.34. The van der Waals surface area contributed by atoms with Crippen molar-refractivity contribution in [2.75, 3.05) is 13.2 Å². The van der Waals surface area contributed by atoms with Crippen molar-refractivity contribution in [1.82, 2.24) is 4.98 Å². The van der Waals surface area contributed by atoms with E-state index in [1.807, 2.05) is 13.8 Å². The molecule has 0 aromatic carbocycles. The number of ether oxygens (including phenoxy) is 2. The lowest BCUT2D eigenvalue weighted by atomic mass is 10.3. The maximum absolute atomic E-state index is 9.57. The second-order valence-corrected chi connectivity index (χ2v) is 4.04. The van der Waals surface area contributed by atoms with Crippen molar-refractivity contribution in [3.63, 3.8) is 0 Å². The van der Waals surface area contributed by atoms with Gasteiger partial charge < -0.3 is 20.3 Å². The monoisotopic (exact) mass is 240 g/mol. The quantitative estimate of drug-likeness (QED) is 0.733. The summed E-state index contributed by atoms with van der Waals surface area (Å²) in [7, 11) is 0. The third-order valence-corrected chi connectivity index (χ3v) is 2.07. The highest BCUT2D eigenvalue weighted by molar-refractivity contribution is 5.19. The van der Waals surface area contributed by atoms with Gasteiger partial charge in [0.2, 0.25) is 0 Å². The Balaban J connectivity index is 2.29. The number of pyridine rings is 1. The van der Waals surface area contributed by atoms with Gasteiger partial charge in [0.15, 0.2) is 0 Å². The lowest BCUT2D eigenvalue weighted by molar-refractivity contribution is -0.0123. The number of hydrogen-bond acceptors (Lipinski definition) is 5. The smallest absolute Gasteiger partial charge is 0.137 e. The topological polar surface area (TPSA) is 77.6 Å². The average molecular weight is 240 g/mol. The molecule has 0 aliphatic heterocycles. The first-order chi connectivity index (χ1) is 8.11. The molecule has 1 aromatic rings. The Morgan fingerprint density at radius 1 is 1.35 bits per heavy atom. The van der Waals surface area contributed by atoms with E-state index >= 15 is 0 Å². The molecule has 0 amide bonds. The van der Waals surface area contributed by atoms with E-state index in [-0.39, 0.29) is 19.3 Å². The predicted octanol–water partition coefficient (Wildman–Crippen LogP) is 0.705. The van der Waals surface area contributed by atoms with Crippen LogP contribution in [0.1, 0.15) is 19.5 Å². The highest BCUT2D eigenvalue weighted by Gasteiger charge is 2.07. The van der Waals surface area contributed by atoms with Crippen LogP contribution in [0.2, 0.25) is 0 Å². The van der Waals surface area contributed by atoms with Crippen LogP contribution in [0.4, 0.5) is 0 Å². The molecule has 1 unspecified atom stereocenters. The molecule has 96 valence electrons. The molecular formula is C12H20N2O3. The van der Waals surface area contributed by atoms with Gasteiger partial charge in [-0.05, 0) is 26.0 Å². The molecule has 17 heavy (non-hydrogen) atoms. The van der Waals surface area contributed by atoms with Gasteiger partial charge in [0, 0.05) is 6.54 Å². The molecule has 1 atom stereocenters. The highest BCUT2D eigenvalue weighted by Crippen LogP contribution is 2.09. The zero-order chi connectivity index (χ0) is 12.7. The summed E-state index contributed by atoms with van der Waals surface area (Å²) >= 11 is 0. The lowest BCUT2D eigenvalue weighted by Crippen LogP contribution is -2.25. The normalized spacial score (nSPS) is 12.8. The second kappa shape index (κ2) is 7.21. The van der Waals surface area contributed by atoms with Crippen LogP contribution in [0, 0.1) is 0 Å². The van der Waals surface area contributed by atoms with E-state index in [1.165, 1.54) is 0 Å². The van der Waals surface area contributed by atoms with Crippen molar-refractivity contribution < 1.29 is 14.6 Å². The number of aliphatic hydroxyl groups excluding tert-OH is 1. The molecule has 5 nitrogen and oxygen atoms in total. The Bertz CT molecular complexity index is 314. The van der Waals surface area contributed by atoms with Gasteiger partial charge in [-0.1, -0.05) is 0 Å². The second-order valence-electron chi connectivity index (χ2n) is 4.04. The van der Waals surface area contributed by atoms with E-state index < -0.39 is 6.10 Å². The molecule has 1 heterocycles. The molecule has 0 saturated heterocycles. The van der Waals surface area contributed by atoms with Gasteiger partial charge in [0.05, 0.1) is 24.6 Å². The molecule has 0 spiro atoms. The summed E-state index contributed by atoms with van der Waals surface area (Å²) < 4.78 is 10.6. The number of hydrogen-bond donors (Lipinski definition) is 2. The van der Waals surface area contributed by atoms with Crippen LogP contribution < -0.4 is 10.5 Å². The molecule has 1 rings (SSSR count). The first kappa shape index (κ1) is 13.9. The summed E-state index contributed by atoms with van der Waals surface area (Å²) in [5.41, 5.74) is 6.24. The minimum absolute atomic E-state index is 0.107. The Kier molecular flexibility index (Phi) is 5.90. The number of aromatic nitrogens is 1. The number of nitrogens with zero attached hydrogens (tertiary/aromatic N) is 1. The van der Waals surface area contributed by atoms with Gasteiger partial charge in [-0.15, -0.1) is 0 Å². The molecule has 0 bridgehead atoms. The molecule has 5 heteroatoms. The Hall–Kier alpha value is -1.17. The van der Waals surface area contributed by atoms with Crippen LogP contribution in [0.5, 0.6) is 5.75 Å². The fourth-order valence-corrected chi connectivity index (χ4v) is 1.16. The van der Waals surface area contributed by atoms with Crippen LogP contribution in [0.3, 0.4) is 0 Å². The van der Waals surface area contributed by atoms with Gasteiger partial charge in [-0.25, -0.2) is 0 Å². The third-order valence-electron chi connectivity index (χ3n) is 2.07. The van der Waals surface area contributed by atoms with E-state index in [1.54, 1.807) is 18.3 Å². The summed E-state index contributed by atoms with van der Waals surface area (Å²) in [5, 5.41) is 9.57. The van der Waals surface area contributed by atoms with Crippen molar-refractivity contribution in [2.45, 2.75) is 32.6 Å². The van der Waals surface area contributed by atoms with Crippen molar-refractivity contribution in [1.29, 1.82) is 0 Å². The summed E-state index contributed by atoms with van der Waals surface area (Å²) in [6.07, 6.45) is 1.07. The van der Waals surface area contributed by atoms with Crippen LogP contribution in [-0.2, 0) is 11.3 Å². The Morgan fingerprint density at radius 3 is 2.65 bits per heavy atom. The minimum atomic E-state index is -0.633. The van der Waals surface area contributed by atoms with Crippen LogP contribution >= 0.6 is 0 Å². The van der Waals surface area contributed by atoms with Gasteiger partial charge in [0.1, 0.15) is 18.5 Å². The molecule has 0 fully saturated rings. The molecule has 0 aliphatic carbocycles. The van der Waals surface area contributed by atoms with Crippen LogP contribution in [0.15, 0.2) is 18.3 Å². The molecule has 0 aliphatic rings. The van der Waals surface area contributed by atoms with E-state index in [4.69, 9.17) is 15.2 Å². The molecule has 1 aromatic heterocycles. The summed E-state index contributed by atoms with van der Waals surface area (Å²) in [6.45, 7) is 4.71. The lowest BCUT2D eigenvalue weighted by Gasteiger charge is -2.14. The first-order valence-electron chi connectivity index (χ1n) is 5.69. The first-order valence-corrected chi connectivity index (χ1v) is 5.69.